The summed E-state index contributed by atoms with van der Waals surface area (Å²) >= 11 is 0. The number of fused-ring (bicyclic) bond motifs is 2. The Labute approximate surface area is 137 Å². The molecule has 4 rings (SSSR count). The number of benzene rings is 1. The van der Waals surface area contributed by atoms with Crippen LogP contribution in [0.15, 0.2) is 59.7 Å². The Morgan fingerprint density at radius 3 is 2.88 bits per heavy atom. The van der Waals surface area contributed by atoms with Crippen LogP contribution in [0.2, 0.25) is 0 Å². The molecule has 24 heavy (non-hydrogen) atoms. The largest absolute Gasteiger partial charge is 0.489 e. The van der Waals surface area contributed by atoms with Gasteiger partial charge in [-0.2, -0.15) is 0 Å². The third-order valence-corrected chi connectivity index (χ3v) is 4.11. The number of rotatable bonds is 1. The number of carbonyl (C=O) groups is 1. The highest BCUT2D eigenvalue weighted by atomic mass is 16.5. The summed E-state index contributed by atoms with van der Waals surface area (Å²) in [6, 6.07) is 12.4. The molecule has 2 aromatic heterocycles. The second kappa shape index (κ2) is 5.49. The fourth-order valence-corrected chi connectivity index (χ4v) is 2.91. The minimum Gasteiger partial charge on any atom is -0.489 e. The van der Waals surface area contributed by atoms with Crippen molar-refractivity contribution in [2.45, 2.75) is 13.0 Å². The van der Waals surface area contributed by atoms with Gasteiger partial charge in [-0.15, -0.1) is 0 Å². The number of aromatic nitrogens is 2. The average molecular weight is 321 g/mol. The van der Waals surface area contributed by atoms with Crippen LogP contribution in [0, 0.1) is 0 Å². The van der Waals surface area contributed by atoms with Crippen LogP contribution >= 0.6 is 0 Å². The summed E-state index contributed by atoms with van der Waals surface area (Å²) in [5.74, 6) is 0.270. The van der Waals surface area contributed by atoms with Gasteiger partial charge in [0.2, 0.25) is 0 Å². The molecular formula is C18H15N3O3. The molecule has 120 valence electrons. The number of ether oxygens (including phenoxy) is 1. The van der Waals surface area contributed by atoms with E-state index in [0.29, 0.717) is 23.7 Å². The molecule has 1 amide bonds. The van der Waals surface area contributed by atoms with Crippen LogP contribution in [0.1, 0.15) is 17.3 Å². The van der Waals surface area contributed by atoms with Crippen molar-refractivity contribution in [2.75, 3.05) is 11.5 Å². The summed E-state index contributed by atoms with van der Waals surface area (Å²) in [5.41, 5.74) is 0.845. The van der Waals surface area contributed by atoms with Crippen molar-refractivity contribution in [2.24, 2.45) is 0 Å². The van der Waals surface area contributed by atoms with Crippen LogP contribution in [0.25, 0.3) is 5.65 Å². The predicted molar refractivity (Wildman–Crippen MR) is 89.7 cm³/mol. The highest BCUT2D eigenvalue weighted by molar-refractivity contribution is 6.07. The number of nitrogens with zero attached hydrogens (tertiary/aromatic N) is 3. The van der Waals surface area contributed by atoms with E-state index in [1.165, 1.54) is 10.6 Å². The second-order valence-electron chi connectivity index (χ2n) is 5.71. The van der Waals surface area contributed by atoms with Crippen molar-refractivity contribution in [3.8, 4) is 5.75 Å². The molecule has 3 heterocycles. The average Bonchev–Trinajstić information content (AvgIpc) is 2.62. The lowest BCUT2D eigenvalue weighted by Gasteiger charge is -2.34. The van der Waals surface area contributed by atoms with Gasteiger partial charge in [-0.25, -0.2) is 4.98 Å². The normalized spacial score (nSPS) is 16.5. The summed E-state index contributed by atoms with van der Waals surface area (Å²) < 4.78 is 7.04. The molecule has 1 aromatic carbocycles. The summed E-state index contributed by atoms with van der Waals surface area (Å²) in [7, 11) is 0. The topological polar surface area (TPSA) is 63.9 Å². The van der Waals surface area contributed by atoms with Crippen molar-refractivity contribution in [1.29, 1.82) is 0 Å². The van der Waals surface area contributed by atoms with Gasteiger partial charge in [-0.05, 0) is 31.2 Å². The number of amides is 1. The molecule has 3 aromatic rings. The third kappa shape index (κ3) is 2.15. The summed E-state index contributed by atoms with van der Waals surface area (Å²) in [6.45, 7) is 2.27. The third-order valence-electron chi connectivity index (χ3n) is 4.11. The van der Waals surface area contributed by atoms with Crippen molar-refractivity contribution in [1.82, 2.24) is 9.38 Å². The lowest BCUT2D eigenvalue weighted by Crippen LogP contribution is -2.46. The molecule has 1 atom stereocenters. The maximum Gasteiger partial charge on any atom is 0.270 e. The van der Waals surface area contributed by atoms with Crippen LogP contribution in [0.5, 0.6) is 5.75 Å². The zero-order valence-electron chi connectivity index (χ0n) is 13.0. The quantitative estimate of drug-likeness (QED) is 0.689. The molecular weight excluding hydrogens is 306 g/mol. The van der Waals surface area contributed by atoms with Crippen LogP contribution < -0.4 is 15.2 Å². The van der Waals surface area contributed by atoms with E-state index < -0.39 is 0 Å². The Kier molecular flexibility index (Phi) is 3.30. The number of para-hydroxylation sites is 2. The summed E-state index contributed by atoms with van der Waals surface area (Å²) in [6.07, 6.45) is 2.96. The van der Waals surface area contributed by atoms with Gasteiger partial charge in [0.05, 0.1) is 11.7 Å². The monoisotopic (exact) mass is 321 g/mol. The molecule has 1 aliphatic heterocycles. The van der Waals surface area contributed by atoms with Crippen LogP contribution in [-0.2, 0) is 0 Å². The predicted octanol–water partition coefficient (Wildman–Crippen LogP) is 2.12. The van der Waals surface area contributed by atoms with Crippen LogP contribution in [0.4, 0.5) is 5.69 Å². The van der Waals surface area contributed by atoms with Crippen molar-refractivity contribution < 1.29 is 9.53 Å². The van der Waals surface area contributed by atoms with E-state index in [9.17, 15) is 9.59 Å². The van der Waals surface area contributed by atoms with E-state index in [1.807, 2.05) is 31.2 Å². The number of hydrogen-bond donors (Lipinski definition) is 0. The Hall–Kier alpha value is -3.15. The first kappa shape index (κ1) is 14.4. The number of anilines is 1. The van der Waals surface area contributed by atoms with Crippen LogP contribution in [0.3, 0.4) is 0 Å². The maximum atomic E-state index is 13.1. The fourth-order valence-electron chi connectivity index (χ4n) is 2.91. The molecule has 6 heteroatoms. The standard InChI is InChI=1S/C18H15N3O3/c1-12-11-24-15-7-3-2-6-14(15)21(12)18(23)13-10-19-16-8-4-5-9-20(16)17(13)22/h2-10,12H,11H2,1H3. The van der Waals surface area contributed by atoms with Gasteiger partial charge in [0.25, 0.3) is 11.5 Å². The molecule has 0 spiro atoms. The molecule has 0 radical (unpaired) electrons. The van der Waals surface area contributed by atoms with Crippen molar-refractivity contribution in [3.05, 3.63) is 70.8 Å². The highest BCUT2D eigenvalue weighted by Gasteiger charge is 2.31. The van der Waals surface area contributed by atoms with Gasteiger partial charge in [-0.1, -0.05) is 18.2 Å². The molecule has 0 saturated carbocycles. The molecule has 0 aliphatic carbocycles. The zero-order chi connectivity index (χ0) is 16.7. The van der Waals surface area contributed by atoms with E-state index in [2.05, 4.69) is 4.98 Å². The van der Waals surface area contributed by atoms with E-state index in [1.54, 1.807) is 29.3 Å². The molecule has 0 N–H and O–H groups in total. The Morgan fingerprint density at radius 2 is 2.00 bits per heavy atom. The lowest BCUT2D eigenvalue weighted by molar-refractivity contribution is 0.0959. The van der Waals surface area contributed by atoms with Crippen molar-refractivity contribution in [3.63, 3.8) is 0 Å². The Balaban J connectivity index is 1.85. The van der Waals surface area contributed by atoms with Gasteiger partial charge in [0.1, 0.15) is 23.6 Å². The number of pyridine rings is 1. The van der Waals surface area contributed by atoms with E-state index in [-0.39, 0.29) is 23.1 Å². The second-order valence-corrected chi connectivity index (χ2v) is 5.71. The van der Waals surface area contributed by atoms with Gasteiger partial charge in [0.15, 0.2) is 0 Å². The first-order chi connectivity index (χ1) is 11.7. The van der Waals surface area contributed by atoms with Crippen LogP contribution in [-0.4, -0.2) is 27.9 Å². The molecule has 0 bridgehead atoms. The maximum absolute atomic E-state index is 13.1. The summed E-state index contributed by atoms with van der Waals surface area (Å²) in [5, 5.41) is 0. The SMILES string of the molecule is CC1COc2ccccc2N1C(=O)c1cnc2ccccn2c1=O. The first-order valence-corrected chi connectivity index (χ1v) is 7.68. The fraction of sp³-hybridized carbons (Fsp3) is 0.167. The Morgan fingerprint density at radius 1 is 1.21 bits per heavy atom. The molecule has 0 saturated heterocycles. The smallest absolute Gasteiger partial charge is 0.270 e. The van der Waals surface area contributed by atoms with E-state index >= 15 is 0 Å². The van der Waals surface area contributed by atoms with Gasteiger partial charge in [0, 0.05) is 12.4 Å². The molecule has 6 nitrogen and oxygen atoms in total. The zero-order valence-corrected chi connectivity index (χ0v) is 13.0. The Bertz CT molecular complexity index is 996. The molecule has 0 fully saturated rings. The number of hydrogen-bond acceptors (Lipinski definition) is 4. The van der Waals surface area contributed by atoms with Gasteiger partial charge >= 0.3 is 0 Å². The minimum absolute atomic E-state index is 0.0438. The van der Waals surface area contributed by atoms with Crippen molar-refractivity contribution >= 4 is 17.2 Å². The minimum atomic E-state index is -0.373. The first-order valence-electron chi connectivity index (χ1n) is 7.68. The van der Waals surface area contributed by atoms with Gasteiger partial charge in [-0.3, -0.25) is 18.9 Å². The molecule has 1 unspecified atom stereocenters. The van der Waals surface area contributed by atoms with E-state index in [0.717, 1.165) is 0 Å². The van der Waals surface area contributed by atoms with Gasteiger partial charge < -0.3 is 4.74 Å². The lowest BCUT2D eigenvalue weighted by atomic mass is 10.1. The highest BCUT2D eigenvalue weighted by Crippen LogP contribution is 2.34. The number of carbonyl (C=O) groups excluding carboxylic acids is 1. The summed E-state index contributed by atoms with van der Waals surface area (Å²) in [4.78, 5) is 31.6. The molecule has 1 aliphatic rings. The van der Waals surface area contributed by atoms with E-state index in [4.69, 9.17) is 4.74 Å².